The molecule has 0 saturated carbocycles. The molecule has 2 rings (SSSR count). The maximum absolute atomic E-state index is 13.2. The van der Waals surface area contributed by atoms with E-state index in [4.69, 9.17) is 10.00 Å². The average molecular weight is 312 g/mol. The van der Waals surface area contributed by atoms with Gasteiger partial charge in [-0.05, 0) is 30.2 Å². The zero-order chi connectivity index (χ0) is 16.5. The summed E-state index contributed by atoms with van der Waals surface area (Å²) in [5.41, 5.74) is 1.42. The Morgan fingerprint density at radius 2 is 2.00 bits per heavy atom. The van der Waals surface area contributed by atoms with Crippen LogP contribution in [0.15, 0.2) is 48.5 Å². The van der Waals surface area contributed by atoms with Crippen LogP contribution in [0.4, 0.5) is 10.1 Å². The van der Waals surface area contributed by atoms with Crippen LogP contribution in [0.3, 0.4) is 0 Å². The zero-order valence-corrected chi connectivity index (χ0v) is 12.6. The zero-order valence-electron chi connectivity index (χ0n) is 12.6. The number of amides is 1. The van der Waals surface area contributed by atoms with E-state index in [0.717, 1.165) is 11.6 Å². The third-order valence-corrected chi connectivity index (χ3v) is 3.17. The van der Waals surface area contributed by atoms with Gasteiger partial charge in [0.05, 0.1) is 12.2 Å². The number of carbonyl (C=O) groups excluding carboxylic acids is 1. The van der Waals surface area contributed by atoms with Crippen LogP contribution in [0, 0.1) is 17.1 Å². The molecule has 4 nitrogen and oxygen atoms in total. The predicted octanol–water partition coefficient (Wildman–Crippen LogP) is 3.63. The summed E-state index contributed by atoms with van der Waals surface area (Å²) in [5.74, 6) is -0.788. The number of benzene rings is 2. The summed E-state index contributed by atoms with van der Waals surface area (Å²) in [7, 11) is 0. The molecule has 0 aliphatic rings. The van der Waals surface area contributed by atoms with Crippen LogP contribution in [-0.2, 0) is 16.1 Å². The number of hydrogen-bond donors (Lipinski definition) is 1. The van der Waals surface area contributed by atoms with Crippen molar-refractivity contribution in [2.24, 2.45) is 0 Å². The quantitative estimate of drug-likeness (QED) is 0.794. The van der Waals surface area contributed by atoms with Crippen molar-refractivity contribution < 1.29 is 13.9 Å². The molecule has 1 N–H and O–H groups in total. The highest BCUT2D eigenvalue weighted by Gasteiger charge is 2.06. The Balaban J connectivity index is 1.68. The standard InChI is InChI=1S/C18H17FN2O2/c19-17-9-8-16(11-15(17)12-20)21-18(22)7-4-10-23-13-14-5-2-1-3-6-14/h1-3,5-6,8-9,11H,4,7,10,13H2,(H,21,22). The van der Waals surface area contributed by atoms with Gasteiger partial charge in [0.15, 0.2) is 0 Å². The van der Waals surface area contributed by atoms with Gasteiger partial charge in [0.2, 0.25) is 5.91 Å². The Morgan fingerprint density at radius 1 is 1.22 bits per heavy atom. The highest BCUT2D eigenvalue weighted by Crippen LogP contribution is 2.14. The first-order chi connectivity index (χ1) is 11.2. The summed E-state index contributed by atoms with van der Waals surface area (Å²) in [6, 6.07) is 15.5. The summed E-state index contributed by atoms with van der Waals surface area (Å²) in [6.45, 7) is 1.00. The van der Waals surface area contributed by atoms with E-state index >= 15 is 0 Å². The lowest BCUT2D eigenvalue weighted by atomic mass is 10.2. The predicted molar refractivity (Wildman–Crippen MR) is 85.1 cm³/mol. The van der Waals surface area contributed by atoms with Crippen molar-refractivity contribution >= 4 is 11.6 Å². The number of nitriles is 1. The maximum Gasteiger partial charge on any atom is 0.224 e. The summed E-state index contributed by atoms with van der Waals surface area (Å²) >= 11 is 0. The molecular formula is C18H17FN2O2. The normalized spacial score (nSPS) is 10.1. The Hall–Kier alpha value is -2.71. The van der Waals surface area contributed by atoms with E-state index in [1.807, 2.05) is 30.3 Å². The van der Waals surface area contributed by atoms with E-state index in [2.05, 4.69) is 5.32 Å². The smallest absolute Gasteiger partial charge is 0.224 e. The van der Waals surface area contributed by atoms with E-state index in [1.165, 1.54) is 12.1 Å². The van der Waals surface area contributed by atoms with Gasteiger partial charge >= 0.3 is 0 Å². The van der Waals surface area contributed by atoms with Crippen molar-refractivity contribution in [3.05, 3.63) is 65.5 Å². The van der Waals surface area contributed by atoms with Gasteiger partial charge in [0.1, 0.15) is 11.9 Å². The lowest BCUT2D eigenvalue weighted by Gasteiger charge is -2.07. The fourth-order valence-electron chi connectivity index (χ4n) is 2.01. The summed E-state index contributed by atoms with van der Waals surface area (Å²) in [6.07, 6.45) is 0.888. The fraction of sp³-hybridized carbons (Fsp3) is 0.222. The number of rotatable bonds is 7. The first-order valence-electron chi connectivity index (χ1n) is 7.30. The number of halogens is 1. The molecule has 0 aliphatic heterocycles. The molecule has 2 aromatic rings. The minimum Gasteiger partial charge on any atom is -0.377 e. The number of ether oxygens (including phenoxy) is 1. The largest absolute Gasteiger partial charge is 0.377 e. The monoisotopic (exact) mass is 312 g/mol. The molecule has 2 aromatic carbocycles. The van der Waals surface area contributed by atoms with Crippen LogP contribution in [-0.4, -0.2) is 12.5 Å². The second kappa shape index (κ2) is 8.66. The van der Waals surface area contributed by atoms with Gasteiger partial charge in [-0.3, -0.25) is 4.79 Å². The molecular weight excluding hydrogens is 295 g/mol. The number of hydrogen-bond acceptors (Lipinski definition) is 3. The van der Waals surface area contributed by atoms with Gasteiger partial charge in [0, 0.05) is 18.7 Å². The number of anilines is 1. The molecule has 0 saturated heterocycles. The first-order valence-corrected chi connectivity index (χ1v) is 7.30. The van der Waals surface area contributed by atoms with Crippen LogP contribution in [0.5, 0.6) is 0 Å². The second-order valence-electron chi connectivity index (χ2n) is 5.00. The molecule has 23 heavy (non-hydrogen) atoms. The molecule has 0 fully saturated rings. The number of carbonyl (C=O) groups is 1. The van der Waals surface area contributed by atoms with E-state index in [1.54, 1.807) is 6.07 Å². The molecule has 0 bridgehead atoms. The molecule has 0 unspecified atom stereocenters. The van der Waals surface area contributed by atoms with Crippen LogP contribution in [0.25, 0.3) is 0 Å². The van der Waals surface area contributed by atoms with E-state index in [0.29, 0.717) is 31.7 Å². The topological polar surface area (TPSA) is 62.1 Å². The molecule has 0 atom stereocenters. The molecule has 5 heteroatoms. The Kier molecular flexibility index (Phi) is 6.28. The molecule has 0 spiro atoms. The maximum atomic E-state index is 13.2. The number of nitrogens with one attached hydrogen (secondary N) is 1. The van der Waals surface area contributed by atoms with Gasteiger partial charge in [-0.2, -0.15) is 5.26 Å². The van der Waals surface area contributed by atoms with Crippen LogP contribution in [0.1, 0.15) is 24.0 Å². The molecule has 0 radical (unpaired) electrons. The van der Waals surface area contributed by atoms with Crippen molar-refractivity contribution in [3.63, 3.8) is 0 Å². The minimum atomic E-state index is -0.597. The van der Waals surface area contributed by atoms with E-state index in [-0.39, 0.29) is 11.5 Å². The van der Waals surface area contributed by atoms with Crippen molar-refractivity contribution in [3.8, 4) is 6.07 Å². The Bertz CT molecular complexity index is 696. The van der Waals surface area contributed by atoms with Gasteiger partial charge < -0.3 is 10.1 Å². The summed E-state index contributed by atoms with van der Waals surface area (Å²) in [4.78, 5) is 11.8. The minimum absolute atomic E-state index is 0.0889. The highest BCUT2D eigenvalue weighted by molar-refractivity contribution is 5.90. The summed E-state index contributed by atoms with van der Waals surface area (Å²) < 4.78 is 18.7. The van der Waals surface area contributed by atoms with Crippen molar-refractivity contribution in [1.82, 2.24) is 0 Å². The molecule has 118 valence electrons. The van der Waals surface area contributed by atoms with E-state index in [9.17, 15) is 9.18 Å². The molecule has 0 aliphatic carbocycles. The Morgan fingerprint density at radius 3 is 2.74 bits per heavy atom. The van der Waals surface area contributed by atoms with Gasteiger partial charge in [-0.25, -0.2) is 4.39 Å². The van der Waals surface area contributed by atoms with E-state index < -0.39 is 5.82 Å². The number of nitrogens with zero attached hydrogens (tertiary/aromatic N) is 1. The molecule has 1 amide bonds. The average Bonchev–Trinajstić information content (AvgIpc) is 2.57. The highest BCUT2D eigenvalue weighted by atomic mass is 19.1. The molecule has 0 heterocycles. The SMILES string of the molecule is N#Cc1cc(NC(=O)CCCOCc2ccccc2)ccc1F. The van der Waals surface area contributed by atoms with Crippen LogP contribution in [0.2, 0.25) is 0 Å². The van der Waals surface area contributed by atoms with Crippen LogP contribution < -0.4 is 5.32 Å². The Labute approximate surface area is 134 Å². The first kappa shape index (κ1) is 16.7. The second-order valence-corrected chi connectivity index (χ2v) is 5.00. The van der Waals surface area contributed by atoms with Crippen molar-refractivity contribution in [2.45, 2.75) is 19.4 Å². The van der Waals surface area contributed by atoms with Gasteiger partial charge in [-0.1, -0.05) is 30.3 Å². The summed E-state index contributed by atoms with van der Waals surface area (Å²) in [5, 5.41) is 11.4. The van der Waals surface area contributed by atoms with Gasteiger partial charge in [0.25, 0.3) is 0 Å². The molecule has 0 aromatic heterocycles. The third kappa shape index (κ3) is 5.53. The van der Waals surface area contributed by atoms with Gasteiger partial charge in [-0.15, -0.1) is 0 Å². The van der Waals surface area contributed by atoms with Crippen LogP contribution >= 0.6 is 0 Å². The third-order valence-electron chi connectivity index (χ3n) is 3.17. The van der Waals surface area contributed by atoms with Crippen molar-refractivity contribution in [1.29, 1.82) is 5.26 Å². The van der Waals surface area contributed by atoms with Crippen molar-refractivity contribution in [2.75, 3.05) is 11.9 Å². The fourth-order valence-corrected chi connectivity index (χ4v) is 2.01. The lowest BCUT2D eigenvalue weighted by Crippen LogP contribution is -2.12. The lowest BCUT2D eigenvalue weighted by molar-refractivity contribution is -0.116.